The molecule has 0 amide bonds. The van der Waals surface area contributed by atoms with E-state index in [1.165, 1.54) is 23.3 Å². The molecular weight excluding hydrogens is 342 g/mol. The van der Waals surface area contributed by atoms with Crippen LogP contribution in [0.25, 0.3) is 0 Å². The van der Waals surface area contributed by atoms with Crippen molar-refractivity contribution in [3.8, 4) is 5.75 Å². The number of hydrogen-bond donors (Lipinski definition) is 0. The Kier molecular flexibility index (Phi) is 6.65. The van der Waals surface area contributed by atoms with Crippen LogP contribution in [-0.4, -0.2) is 6.61 Å². The lowest BCUT2D eigenvalue weighted by atomic mass is 9.81. The van der Waals surface area contributed by atoms with Gasteiger partial charge in [0.1, 0.15) is 17.4 Å². The molecule has 2 aromatic carbocycles. The van der Waals surface area contributed by atoms with Gasteiger partial charge in [0.15, 0.2) is 0 Å². The summed E-state index contributed by atoms with van der Waals surface area (Å²) in [6, 6.07) is 9.25. The Balaban J connectivity index is 1.59. The number of ether oxygens (including phenoxy) is 1. The van der Waals surface area contributed by atoms with Crippen molar-refractivity contribution < 1.29 is 13.5 Å². The van der Waals surface area contributed by atoms with E-state index in [2.05, 4.69) is 18.7 Å². The lowest BCUT2D eigenvalue weighted by Gasteiger charge is -2.25. The van der Waals surface area contributed by atoms with E-state index in [-0.39, 0.29) is 5.56 Å². The fourth-order valence-electron chi connectivity index (χ4n) is 3.85. The van der Waals surface area contributed by atoms with Crippen LogP contribution in [-0.2, 0) is 25.7 Å². The highest BCUT2D eigenvalue weighted by molar-refractivity contribution is 5.37. The number of halogens is 2. The molecule has 0 radical (unpaired) electrons. The summed E-state index contributed by atoms with van der Waals surface area (Å²) < 4.78 is 34.1. The minimum Gasteiger partial charge on any atom is -0.493 e. The quantitative estimate of drug-likeness (QED) is 0.396. The SMILES string of the molecule is C=CCCOc1ccc2c(c1)CCC(CCc1c(F)cc(CC)cc1F)C2. The van der Waals surface area contributed by atoms with Crippen molar-refractivity contribution in [2.24, 2.45) is 5.92 Å². The lowest BCUT2D eigenvalue weighted by Crippen LogP contribution is -2.16. The second-order valence-electron chi connectivity index (χ2n) is 7.40. The van der Waals surface area contributed by atoms with Crippen molar-refractivity contribution >= 4 is 0 Å². The molecule has 0 spiro atoms. The third kappa shape index (κ3) is 4.97. The van der Waals surface area contributed by atoms with Crippen molar-refractivity contribution in [2.75, 3.05) is 6.61 Å². The Morgan fingerprint density at radius 2 is 1.93 bits per heavy atom. The Hall–Kier alpha value is -2.16. The first-order chi connectivity index (χ1) is 13.1. The van der Waals surface area contributed by atoms with E-state index in [4.69, 9.17) is 4.74 Å². The van der Waals surface area contributed by atoms with Gasteiger partial charge in [0.2, 0.25) is 0 Å². The predicted octanol–water partition coefficient (Wildman–Crippen LogP) is 6.22. The van der Waals surface area contributed by atoms with Crippen LogP contribution in [0.1, 0.15) is 48.4 Å². The summed E-state index contributed by atoms with van der Waals surface area (Å²) >= 11 is 0. The van der Waals surface area contributed by atoms with E-state index in [9.17, 15) is 8.78 Å². The topological polar surface area (TPSA) is 9.23 Å². The first kappa shape index (κ1) is 19.6. The third-order valence-corrected chi connectivity index (χ3v) is 5.51. The first-order valence-corrected chi connectivity index (χ1v) is 9.93. The molecule has 27 heavy (non-hydrogen) atoms. The van der Waals surface area contributed by atoms with Gasteiger partial charge in [-0.2, -0.15) is 0 Å². The van der Waals surface area contributed by atoms with Crippen LogP contribution in [0.3, 0.4) is 0 Å². The number of benzene rings is 2. The number of fused-ring (bicyclic) bond motifs is 1. The summed E-state index contributed by atoms with van der Waals surface area (Å²) in [7, 11) is 0. The van der Waals surface area contributed by atoms with Crippen molar-refractivity contribution in [1.82, 2.24) is 0 Å². The average molecular weight is 370 g/mol. The highest BCUT2D eigenvalue weighted by Gasteiger charge is 2.20. The van der Waals surface area contributed by atoms with E-state index >= 15 is 0 Å². The van der Waals surface area contributed by atoms with Gasteiger partial charge in [-0.1, -0.05) is 19.1 Å². The second-order valence-corrected chi connectivity index (χ2v) is 7.40. The number of rotatable bonds is 8. The highest BCUT2D eigenvalue weighted by Crippen LogP contribution is 2.31. The molecule has 0 aromatic heterocycles. The van der Waals surface area contributed by atoms with Crippen molar-refractivity contribution in [1.29, 1.82) is 0 Å². The zero-order chi connectivity index (χ0) is 19.2. The van der Waals surface area contributed by atoms with Gasteiger partial charge < -0.3 is 4.74 Å². The molecular formula is C24H28F2O. The van der Waals surface area contributed by atoms with E-state index in [0.717, 1.165) is 37.9 Å². The molecule has 0 saturated heterocycles. The smallest absolute Gasteiger partial charge is 0.129 e. The molecule has 1 aliphatic rings. The zero-order valence-corrected chi connectivity index (χ0v) is 16.1. The van der Waals surface area contributed by atoms with Gasteiger partial charge >= 0.3 is 0 Å². The molecule has 0 aliphatic heterocycles. The normalized spacial score (nSPS) is 16.0. The highest BCUT2D eigenvalue weighted by atomic mass is 19.1. The van der Waals surface area contributed by atoms with E-state index in [1.54, 1.807) is 0 Å². The monoisotopic (exact) mass is 370 g/mol. The minimum absolute atomic E-state index is 0.240. The molecule has 0 bridgehead atoms. The Bertz CT molecular complexity index is 774. The van der Waals surface area contributed by atoms with Gasteiger partial charge in [0.05, 0.1) is 6.61 Å². The molecule has 144 valence electrons. The molecule has 1 nitrogen and oxygen atoms in total. The molecule has 2 aromatic rings. The predicted molar refractivity (Wildman–Crippen MR) is 106 cm³/mol. The number of aryl methyl sites for hydroxylation is 2. The molecule has 0 N–H and O–H groups in total. The van der Waals surface area contributed by atoms with Gasteiger partial charge in [-0.3, -0.25) is 0 Å². The maximum Gasteiger partial charge on any atom is 0.129 e. The fraction of sp³-hybridized carbons (Fsp3) is 0.417. The van der Waals surface area contributed by atoms with Crippen LogP contribution in [0.2, 0.25) is 0 Å². The number of hydrogen-bond acceptors (Lipinski definition) is 1. The molecule has 0 heterocycles. The van der Waals surface area contributed by atoms with Crippen LogP contribution >= 0.6 is 0 Å². The summed E-state index contributed by atoms with van der Waals surface area (Å²) in [6.45, 7) is 6.26. The van der Waals surface area contributed by atoms with Gasteiger partial charge in [-0.05, 0) is 91.8 Å². The molecule has 1 unspecified atom stereocenters. The summed E-state index contributed by atoms with van der Waals surface area (Å²) in [5.41, 5.74) is 3.63. The van der Waals surface area contributed by atoms with E-state index < -0.39 is 11.6 Å². The molecule has 3 rings (SSSR count). The fourth-order valence-corrected chi connectivity index (χ4v) is 3.85. The van der Waals surface area contributed by atoms with Gasteiger partial charge in [-0.15, -0.1) is 6.58 Å². The van der Waals surface area contributed by atoms with Crippen LogP contribution in [0.5, 0.6) is 5.75 Å². The Morgan fingerprint density at radius 3 is 2.63 bits per heavy atom. The Labute approximate surface area is 161 Å². The van der Waals surface area contributed by atoms with Crippen molar-refractivity contribution in [3.63, 3.8) is 0 Å². The molecule has 1 atom stereocenters. The third-order valence-electron chi connectivity index (χ3n) is 5.51. The standard InChI is InChI=1S/C24H28F2O/c1-3-5-12-27-21-10-9-19-13-18(6-8-20(19)16-21)7-11-22-23(25)14-17(4-2)15-24(22)26/h3,9-10,14-16,18H,1,4-8,11-13H2,2H3. The molecule has 0 saturated carbocycles. The van der Waals surface area contributed by atoms with Gasteiger partial charge in [-0.25, -0.2) is 8.78 Å². The molecule has 0 fully saturated rings. The summed E-state index contributed by atoms with van der Waals surface area (Å²) in [6.07, 6.45) is 7.64. The van der Waals surface area contributed by atoms with E-state index in [0.29, 0.717) is 30.9 Å². The van der Waals surface area contributed by atoms with Gasteiger partial charge in [0.25, 0.3) is 0 Å². The largest absolute Gasteiger partial charge is 0.493 e. The average Bonchev–Trinajstić information content (AvgIpc) is 2.67. The second kappa shape index (κ2) is 9.16. The van der Waals surface area contributed by atoms with Crippen LogP contribution in [0.4, 0.5) is 8.78 Å². The first-order valence-electron chi connectivity index (χ1n) is 9.93. The lowest BCUT2D eigenvalue weighted by molar-refractivity contribution is 0.323. The van der Waals surface area contributed by atoms with Crippen LogP contribution in [0.15, 0.2) is 43.0 Å². The summed E-state index contributed by atoms with van der Waals surface area (Å²) in [5.74, 6) is 0.581. The zero-order valence-electron chi connectivity index (χ0n) is 16.1. The van der Waals surface area contributed by atoms with Crippen LogP contribution < -0.4 is 4.74 Å². The molecule has 3 heteroatoms. The summed E-state index contributed by atoms with van der Waals surface area (Å²) in [5, 5.41) is 0. The maximum absolute atomic E-state index is 14.2. The summed E-state index contributed by atoms with van der Waals surface area (Å²) in [4.78, 5) is 0. The Morgan fingerprint density at radius 1 is 1.15 bits per heavy atom. The molecule has 1 aliphatic carbocycles. The maximum atomic E-state index is 14.2. The minimum atomic E-state index is -0.399. The van der Waals surface area contributed by atoms with Crippen molar-refractivity contribution in [3.05, 3.63) is 76.9 Å². The van der Waals surface area contributed by atoms with E-state index in [1.807, 2.05) is 19.1 Å². The van der Waals surface area contributed by atoms with Crippen LogP contribution in [0, 0.1) is 17.6 Å². The van der Waals surface area contributed by atoms with Crippen molar-refractivity contribution in [2.45, 2.75) is 51.9 Å². The van der Waals surface area contributed by atoms with Gasteiger partial charge in [0, 0.05) is 5.56 Å².